The van der Waals surface area contributed by atoms with Gasteiger partial charge in [0.25, 0.3) is 0 Å². The van der Waals surface area contributed by atoms with E-state index in [2.05, 4.69) is 32.8 Å². The predicted molar refractivity (Wildman–Crippen MR) is 153 cm³/mol. The smallest absolute Gasteiger partial charge is 0.326 e. The highest BCUT2D eigenvalue weighted by Crippen LogP contribution is 2.30. The Kier molecular flexibility index (Phi) is 9.85. The number of unbranched alkanes of at least 4 members (excludes halogenated alkanes) is 1. The number of aliphatic carboxylic acids is 1. The molecule has 1 aromatic heterocycles. The normalized spacial score (nSPS) is 11.9. The Labute approximate surface area is 232 Å². The molecule has 2 N–H and O–H groups in total. The molecule has 1 atom stereocenters. The number of thioether (sulfide) groups is 1. The number of aromatic nitrogens is 4. The summed E-state index contributed by atoms with van der Waals surface area (Å²) < 4.78 is 0. The molecule has 9 heteroatoms. The largest absolute Gasteiger partial charge is 0.480 e. The molecule has 8 nitrogen and oxygen atoms in total. The van der Waals surface area contributed by atoms with Gasteiger partial charge in [-0.15, -0.1) is 22.0 Å². The molecule has 39 heavy (non-hydrogen) atoms. The molecule has 0 saturated carbocycles. The minimum absolute atomic E-state index is 0.132. The van der Waals surface area contributed by atoms with Crippen LogP contribution in [0.1, 0.15) is 38.7 Å². The third-order valence-electron chi connectivity index (χ3n) is 6.47. The maximum Gasteiger partial charge on any atom is 0.326 e. The van der Waals surface area contributed by atoms with Crippen molar-refractivity contribution in [1.82, 2.24) is 25.5 Å². The summed E-state index contributed by atoms with van der Waals surface area (Å²) in [4.78, 5) is 28.2. The van der Waals surface area contributed by atoms with Gasteiger partial charge in [0.1, 0.15) is 6.04 Å². The van der Waals surface area contributed by atoms with Gasteiger partial charge in [0, 0.05) is 23.4 Å². The number of tetrazole rings is 1. The van der Waals surface area contributed by atoms with Crippen LogP contribution < -0.4 is 0 Å². The Morgan fingerprint density at radius 1 is 0.923 bits per heavy atom. The van der Waals surface area contributed by atoms with E-state index in [0.29, 0.717) is 18.7 Å². The number of amides is 1. The van der Waals surface area contributed by atoms with Crippen LogP contribution in [0.4, 0.5) is 0 Å². The second kappa shape index (κ2) is 13.7. The van der Waals surface area contributed by atoms with Crippen molar-refractivity contribution in [2.75, 3.05) is 5.75 Å². The number of benzene rings is 3. The second-order valence-electron chi connectivity index (χ2n) is 9.65. The Bertz CT molecular complexity index is 1340. The first kappa shape index (κ1) is 28.0. The topological polar surface area (TPSA) is 112 Å². The number of hydrogen-bond donors (Lipinski definition) is 2. The van der Waals surface area contributed by atoms with Crippen LogP contribution in [-0.4, -0.2) is 54.3 Å². The Morgan fingerprint density at radius 3 is 2.26 bits per heavy atom. The van der Waals surface area contributed by atoms with Crippen molar-refractivity contribution in [3.05, 3.63) is 84.4 Å². The van der Waals surface area contributed by atoms with Crippen LogP contribution in [0.3, 0.4) is 0 Å². The van der Waals surface area contributed by atoms with Gasteiger partial charge in [-0.25, -0.2) is 4.79 Å². The Hall–Kier alpha value is -3.98. The average molecular weight is 544 g/mol. The fourth-order valence-corrected chi connectivity index (χ4v) is 5.47. The molecule has 1 amide bonds. The standard InChI is InChI=1S/C30H33N5O3S/c1-21(2)28(30(37)38)35(27(36)14-8-9-19-39-24-10-4-3-5-11-24)20-22-15-17-23(18-16-22)25-12-6-7-13-26(25)29-31-33-34-32-29/h3-7,10-13,15-18,21,28H,8-9,14,19-20H2,1-2H3,(H,37,38)(H,31,32,33,34). The molecule has 4 rings (SSSR count). The molecule has 0 aliphatic carbocycles. The lowest BCUT2D eigenvalue weighted by molar-refractivity contribution is -0.153. The monoisotopic (exact) mass is 543 g/mol. The van der Waals surface area contributed by atoms with Crippen LogP contribution >= 0.6 is 11.8 Å². The molecule has 0 spiro atoms. The fraction of sp³-hybridized carbons (Fsp3) is 0.300. The molecule has 0 fully saturated rings. The molecule has 1 heterocycles. The van der Waals surface area contributed by atoms with Crippen molar-refractivity contribution in [2.45, 2.75) is 50.6 Å². The highest BCUT2D eigenvalue weighted by Gasteiger charge is 2.32. The SMILES string of the molecule is CC(C)C(C(=O)O)N(Cc1ccc(-c2ccccc2-c2nn[nH]n2)cc1)C(=O)CCCCSc1ccccc1. The quantitative estimate of drug-likeness (QED) is 0.159. The number of hydrogen-bond acceptors (Lipinski definition) is 6. The van der Waals surface area contributed by atoms with Gasteiger partial charge >= 0.3 is 5.97 Å². The summed E-state index contributed by atoms with van der Waals surface area (Å²) in [7, 11) is 0. The van der Waals surface area contributed by atoms with Crippen LogP contribution in [-0.2, 0) is 16.1 Å². The molecule has 0 bridgehead atoms. The van der Waals surface area contributed by atoms with Gasteiger partial charge < -0.3 is 10.0 Å². The van der Waals surface area contributed by atoms with Crippen molar-refractivity contribution in [2.24, 2.45) is 5.92 Å². The lowest BCUT2D eigenvalue weighted by Gasteiger charge is -2.32. The molecule has 1 unspecified atom stereocenters. The number of carbonyl (C=O) groups excluding carboxylic acids is 1. The van der Waals surface area contributed by atoms with Gasteiger partial charge in [0.2, 0.25) is 11.7 Å². The summed E-state index contributed by atoms with van der Waals surface area (Å²) in [6.45, 7) is 3.92. The summed E-state index contributed by atoms with van der Waals surface area (Å²) >= 11 is 1.77. The van der Waals surface area contributed by atoms with E-state index in [-0.39, 0.29) is 18.4 Å². The van der Waals surface area contributed by atoms with Crippen molar-refractivity contribution >= 4 is 23.6 Å². The lowest BCUT2D eigenvalue weighted by atomic mass is 9.97. The van der Waals surface area contributed by atoms with Crippen LogP contribution in [0.5, 0.6) is 0 Å². The van der Waals surface area contributed by atoms with E-state index < -0.39 is 12.0 Å². The maximum absolute atomic E-state index is 13.3. The molecule has 0 saturated heterocycles. The van der Waals surface area contributed by atoms with Gasteiger partial charge in [-0.2, -0.15) is 5.21 Å². The van der Waals surface area contributed by atoms with Gasteiger partial charge in [-0.1, -0.05) is 80.6 Å². The first-order valence-electron chi connectivity index (χ1n) is 13.1. The number of rotatable bonds is 13. The summed E-state index contributed by atoms with van der Waals surface area (Å²) in [6.07, 6.45) is 1.92. The summed E-state index contributed by atoms with van der Waals surface area (Å²) in [5.41, 5.74) is 3.64. The number of carbonyl (C=O) groups is 2. The minimum atomic E-state index is -0.983. The van der Waals surface area contributed by atoms with Crippen LogP contribution in [0.15, 0.2) is 83.8 Å². The predicted octanol–water partition coefficient (Wildman–Crippen LogP) is 5.93. The molecule has 0 aliphatic heterocycles. The molecular weight excluding hydrogens is 510 g/mol. The van der Waals surface area contributed by atoms with E-state index in [4.69, 9.17) is 0 Å². The van der Waals surface area contributed by atoms with Crippen LogP contribution in [0.25, 0.3) is 22.5 Å². The first-order chi connectivity index (χ1) is 18.9. The van der Waals surface area contributed by atoms with Crippen LogP contribution in [0.2, 0.25) is 0 Å². The number of aromatic amines is 1. The van der Waals surface area contributed by atoms with E-state index >= 15 is 0 Å². The molecule has 0 radical (unpaired) electrons. The van der Waals surface area contributed by atoms with E-state index in [1.54, 1.807) is 11.8 Å². The third-order valence-corrected chi connectivity index (χ3v) is 7.57. The number of carboxylic acid groups (broad SMARTS) is 1. The number of H-pyrrole nitrogens is 1. The van der Waals surface area contributed by atoms with Gasteiger partial charge in [-0.05, 0) is 58.5 Å². The van der Waals surface area contributed by atoms with E-state index in [1.165, 1.54) is 9.80 Å². The van der Waals surface area contributed by atoms with Crippen molar-refractivity contribution < 1.29 is 14.7 Å². The molecule has 4 aromatic rings. The number of carboxylic acids is 1. The van der Waals surface area contributed by atoms with E-state index in [0.717, 1.165) is 34.4 Å². The van der Waals surface area contributed by atoms with Crippen molar-refractivity contribution in [3.8, 4) is 22.5 Å². The maximum atomic E-state index is 13.3. The molecular formula is C30H33N5O3S. The number of nitrogens with one attached hydrogen (secondary N) is 1. The average Bonchev–Trinajstić information content (AvgIpc) is 3.48. The third kappa shape index (κ3) is 7.54. The van der Waals surface area contributed by atoms with Gasteiger partial charge in [0.15, 0.2) is 0 Å². The van der Waals surface area contributed by atoms with Crippen LogP contribution in [0, 0.1) is 5.92 Å². The minimum Gasteiger partial charge on any atom is -0.480 e. The molecule has 3 aromatic carbocycles. The zero-order chi connectivity index (χ0) is 27.6. The second-order valence-corrected chi connectivity index (χ2v) is 10.8. The first-order valence-corrected chi connectivity index (χ1v) is 14.0. The van der Waals surface area contributed by atoms with E-state index in [1.807, 2.05) is 80.6 Å². The fourth-order valence-electron chi connectivity index (χ4n) is 4.54. The van der Waals surface area contributed by atoms with E-state index in [9.17, 15) is 14.7 Å². The Balaban J connectivity index is 1.44. The molecule has 202 valence electrons. The lowest BCUT2D eigenvalue weighted by Crippen LogP contribution is -2.47. The van der Waals surface area contributed by atoms with Crippen molar-refractivity contribution in [1.29, 1.82) is 0 Å². The van der Waals surface area contributed by atoms with Gasteiger partial charge in [0.05, 0.1) is 0 Å². The zero-order valence-electron chi connectivity index (χ0n) is 22.2. The summed E-state index contributed by atoms with van der Waals surface area (Å²) in [5.74, 6) is 0.0865. The highest BCUT2D eigenvalue weighted by atomic mass is 32.2. The Morgan fingerprint density at radius 2 is 1.62 bits per heavy atom. The zero-order valence-corrected chi connectivity index (χ0v) is 23.0. The van der Waals surface area contributed by atoms with Crippen molar-refractivity contribution in [3.63, 3.8) is 0 Å². The van der Waals surface area contributed by atoms with Gasteiger partial charge in [-0.3, -0.25) is 4.79 Å². The molecule has 0 aliphatic rings. The number of nitrogens with zero attached hydrogens (tertiary/aromatic N) is 4. The highest BCUT2D eigenvalue weighted by molar-refractivity contribution is 7.99. The summed E-state index contributed by atoms with van der Waals surface area (Å²) in [5, 5.41) is 24.3. The summed E-state index contributed by atoms with van der Waals surface area (Å²) in [6, 6.07) is 24.9.